The van der Waals surface area contributed by atoms with Crippen molar-refractivity contribution in [2.24, 2.45) is 0 Å². The Morgan fingerprint density at radius 3 is 1.63 bits per heavy atom. The molecule has 0 amide bonds. The Bertz CT molecular complexity index is 1390. The molecule has 1 heterocycles. The van der Waals surface area contributed by atoms with Crippen molar-refractivity contribution >= 4 is 27.6 Å². The summed E-state index contributed by atoms with van der Waals surface area (Å²) in [7, 11) is -0.879. The van der Waals surface area contributed by atoms with E-state index in [9.17, 15) is 13.6 Å². The first-order valence-corrected chi connectivity index (χ1v) is 17.3. The summed E-state index contributed by atoms with van der Waals surface area (Å²) in [5.41, 5.74) is 1.21. The lowest BCUT2D eigenvalue weighted by Gasteiger charge is -2.25. The second-order valence-electron chi connectivity index (χ2n) is 11.4. The van der Waals surface area contributed by atoms with Gasteiger partial charge in [-0.25, -0.2) is 13.6 Å². The molecule has 43 heavy (non-hydrogen) atoms. The van der Waals surface area contributed by atoms with Crippen LogP contribution < -0.4 is 10.5 Å². The Kier molecular flexibility index (Phi) is 13.1. The number of benzene rings is 3. The minimum Gasteiger partial charge on any atom is -0.419 e. The lowest BCUT2D eigenvalue weighted by Crippen LogP contribution is -2.25. The normalized spacial score (nSPS) is 11.5. The van der Waals surface area contributed by atoms with Gasteiger partial charge in [0.15, 0.2) is 9.79 Å². The highest BCUT2D eigenvalue weighted by Gasteiger charge is 2.33. The third-order valence-corrected chi connectivity index (χ3v) is 10.1. The Hall–Kier alpha value is -3.12. The monoisotopic (exact) mass is 606 g/mol. The molecule has 0 aliphatic rings. The van der Waals surface area contributed by atoms with Gasteiger partial charge in [0.05, 0.1) is 0 Å². The summed E-state index contributed by atoms with van der Waals surface area (Å²) in [6.07, 6.45) is 15.0. The topological polar surface area (TPSA) is 33.5 Å². The van der Waals surface area contributed by atoms with Gasteiger partial charge >= 0.3 is 5.63 Å². The second kappa shape index (κ2) is 17.2. The van der Waals surface area contributed by atoms with Gasteiger partial charge in [-0.1, -0.05) is 78.1 Å². The molecule has 3 nitrogen and oxygen atoms in total. The summed E-state index contributed by atoms with van der Waals surface area (Å²) in [4.78, 5) is 18.0. The maximum absolute atomic E-state index is 13.8. The van der Waals surface area contributed by atoms with Gasteiger partial charge in [-0.2, -0.15) is 0 Å². The number of fused-ring (bicyclic) bond motifs is 1. The molecule has 4 aromatic rings. The second-order valence-corrected chi connectivity index (χ2v) is 13.4. The van der Waals surface area contributed by atoms with Crippen molar-refractivity contribution in [3.05, 3.63) is 94.9 Å². The predicted molar refractivity (Wildman–Crippen MR) is 176 cm³/mol. The molecule has 1 aromatic heterocycles. The first-order chi connectivity index (χ1) is 21.0. The van der Waals surface area contributed by atoms with Crippen LogP contribution in [0.4, 0.5) is 14.5 Å². The number of anilines is 1. The molecule has 0 fully saturated rings. The Labute approximate surface area is 258 Å². The molecule has 6 heteroatoms. The largest absolute Gasteiger partial charge is 0.419 e. The van der Waals surface area contributed by atoms with Crippen molar-refractivity contribution in [1.29, 1.82) is 0 Å². The third-order valence-electron chi connectivity index (χ3n) is 7.93. The fourth-order valence-corrected chi connectivity index (χ4v) is 7.54. The fourth-order valence-electron chi connectivity index (χ4n) is 5.49. The Morgan fingerprint density at radius 1 is 0.628 bits per heavy atom. The maximum atomic E-state index is 13.8. The first-order valence-electron chi connectivity index (χ1n) is 16.1. The lowest BCUT2D eigenvalue weighted by molar-refractivity contribution is 0.542. The van der Waals surface area contributed by atoms with E-state index in [2.05, 4.69) is 24.8 Å². The lowest BCUT2D eigenvalue weighted by atomic mass is 10.1. The van der Waals surface area contributed by atoms with Gasteiger partial charge in [0, 0.05) is 36.3 Å². The molecule has 0 saturated heterocycles. The molecule has 0 N–H and O–H groups in total. The van der Waals surface area contributed by atoms with Crippen molar-refractivity contribution in [1.82, 2.24) is 0 Å². The van der Waals surface area contributed by atoms with Gasteiger partial charge in [0.2, 0.25) is 0 Å². The van der Waals surface area contributed by atoms with E-state index in [1.54, 1.807) is 24.3 Å². The van der Waals surface area contributed by atoms with E-state index in [4.69, 9.17) is 4.42 Å². The summed E-state index contributed by atoms with van der Waals surface area (Å²) < 4.78 is 33.5. The van der Waals surface area contributed by atoms with Crippen LogP contribution in [0.1, 0.15) is 90.9 Å². The summed E-state index contributed by atoms with van der Waals surface area (Å²) >= 11 is 0. The molecule has 3 aromatic carbocycles. The maximum Gasteiger partial charge on any atom is 0.393 e. The Morgan fingerprint density at radius 2 is 1.12 bits per heavy atom. The molecule has 0 saturated carbocycles. The highest BCUT2D eigenvalue weighted by molar-refractivity contribution is 7.97. The van der Waals surface area contributed by atoms with E-state index in [0.717, 1.165) is 46.8 Å². The van der Waals surface area contributed by atoms with Crippen LogP contribution in [0.2, 0.25) is 0 Å². The molecule has 0 aliphatic carbocycles. The van der Waals surface area contributed by atoms with Crippen molar-refractivity contribution in [2.75, 3.05) is 18.0 Å². The SMILES string of the molecule is CCCCCCCCN(CCCCCCCC)c1ccc2cc([S+](c3ccc(F)cc3)c3ccc(F)cc3)c(=O)oc2c1. The molecule has 0 atom stereocenters. The summed E-state index contributed by atoms with van der Waals surface area (Å²) in [5, 5.41) is 0.833. The van der Waals surface area contributed by atoms with Crippen LogP contribution in [0.15, 0.2) is 96.7 Å². The van der Waals surface area contributed by atoms with Crippen molar-refractivity contribution in [3.63, 3.8) is 0 Å². The zero-order chi connectivity index (χ0) is 30.4. The fraction of sp³-hybridized carbons (Fsp3) is 0.432. The van der Waals surface area contributed by atoms with Crippen LogP contribution >= 0.6 is 0 Å². The molecule has 0 aliphatic heterocycles. The van der Waals surface area contributed by atoms with Gasteiger partial charge in [0.1, 0.15) is 28.1 Å². The highest BCUT2D eigenvalue weighted by atomic mass is 32.2. The van der Waals surface area contributed by atoms with Gasteiger partial charge in [-0.15, -0.1) is 0 Å². The van der Waals surface area contributed by atoms with Gasteiger partial charge < -0.3 is 9.32 Å². The minimum absolute atomic E-state index is 0.351. The summed E-state index contributed by atoms with van der Waals surface area (Å²) in [6, 6.07) is 20.3. The number of hydrogen-bond donors (Lipinski definition) is 0. The molecule has 0 bridgehead atoms. The van der Waals surface area contributed by atoms with Crippen LogP contribution in [-0.2, 0) is 10.9 Å². The van der Waals surface area contributed by atoms with E-state index in [1.807, 2.05) is 18.2 Å². The molecule has 0 radical (unpaired) electrons. The van der Waals surface area contributed by atoms with Crippen LogP contribution in [0.25, 0.3) is 11.0 Å². The summed E-state index contributed by atoms with van der Waals surface area (Å²) in [6.45, 7) is 6.48. The number of rotatable bonds is 18. The highest BCUT2D eigenvalue weighted by Crippen LogP contribution is 2.32. The smallest absolute Gasteiger partial charge is 0.393 e. The molecule has 4 rings (SSSR count). The van der Waals surface area contributed by atoms with Crippen molar-refractivity contribution in [2.45, 2.75) is 106 Å². The zero-order valence-corrected chi connectivity index (χ0v) is 26.6. The van der Waals surface area contributed by atoms with E-state index in [0.29, 0.717) is 10.5 Å². The van der Waals surface area contributed by atoms with Crippen molar-refractivity contribution in [3.8, 4) is 0 Å². The van der Waals surface area contributed by atoms with E-state index >= 15 is 0 Å². The van der Waals surface area contributed by atoms with E-state index in [-0.39, 0.29) is 11.6 Å². The molecule has 0 unspecified atom stereocenters. The molecule has 230 valence electrons. The van der Waals surface area contributed by atoms with Gasteiger partial charge in [-0.3, -0.25) is 0 Å². The molecular weight excluding hydrogens is 560 g/mol. The predicted octanol–water partition coefficient (Wildman–Crippen LogP) is 10.7. The Balaban J connectivity index is 1.59. The third kappa shape index (κ3) is 9.69. The van der Waals surface area contributed by atoms with Crippen LogP contribution in [0, 0.1) is 11.6 Å². The standard InChI is InChI=1S/C37H46F2NO2S/c1-3-5-7-9-11-13-25-40(26-14-12-10-8-6-4-2)32-20-15-29-27-36(37(41)42-35(29)28-32)43(33-21-16-30(38)17-22-33)34-23-18-31(39)19-24-34/h15-24,27-28H,3-14,25-26H2,1-2H3/q+1. The van der Waals surface area contributed by atoms with Crippen LogP contribution in [-0.4, -0.2) is 13.1 Å². The average Bonchev–Trinajstić information content (AvgIpc) is 3.01. The molecule has 0 spiro atoms. The number of halogens is 2. The average molecular weight is 607 g/mol. The van der Waals surface area contributed by atoms with Gasteiger partial charge in [-0.05, 0) is 73.5 Å². The number of unbranched alkanes of at least 4 members (excludes halogenated alkanes) is 10. The molecular formula is C37H46F2NO2S+. The van der Waals surface area contributed by atoms with E-state index in [1.165, 1.54) is 88.5 Å². The van der Waals surface area contributed by atoms with Crippen LogP contribution in [0.5, 0.6) is 0 Å². The minimum atomic E-state index is -0.879. The zero-order valence-electron chi connectivity index (χ0n) is 25.8. The first kappa shape index (κ1) is 32.8. The van der Waals surface area contributed by atoms with Crippen LogP contribution in [0.3, 0.4) is 0 Å². The quantitative estimate of drug-likeness (QED) is 0.0642. The van der Waals surface area contributed by atoms with Crippen molar-refractivity contribution < 1.29 is 13.2 Å². The van der Waals surface area contributed by atoms with Gasteiger partial charge in [0.25, 0.3) is 4.90 Å². The number of nitrogens with zero attached hydrogens (tertiary/aromatic N) is 1. The van der Waals surface area contributed by atoms with E-state index < -0.39 is 16.5 Å². The summed E-state index contributed by atoms with van der Waals surface area (Å²) in [5.74, 6) is -0.702. The number of hydrogen-bond acceptors (Lipinski definition) is 3.